The van der Waals surface area contributed by atoms with Gasteiger partial charge in [0.05, 0.1) is 0 Å². The molecular formula is C11H23N3O2. The standard InChI is InChI=1S/C11H23N3O2/c1-4-7-12-10(15)11(16)13-8-9-14(5-2)6-3/h4-9H2,1-3H3,(H,12,15)(H,13,16). The summed E-state index contributed by atoms with van der Waals surface area (Å²) in [4.78, 5) is 24.6. The maximum atomic E-state index is 11.3. The fourth-order valence-corrected chi connectivity index (χ4v) is 1.27. The first-order valence-corrected chi connectivity index (χ1v) is 5.94. The molecule has 0 aromatic heterocycles. The van der Waals surface area contributed by atoms with E-state index in [1.54, 1.807) is 0 Å². The van der Waals surface area contributed by atoms with Crippen LogP contribution in [0.3, 0.4) is 0 Å². The summed E-state index contributed by atoms with van der Waals surface area (Å²) in [6.07, 6.45) is 0.832. The number of hydrogen-bond acceptors (Lipinski definition) is 3. The predicted molar refractivity (Wildman–Crippen MR) is 64.1 cm³/mol. The molecule has 0 fully saturated rings. The van der Waals surface area contributed by atoms with Crippen molar-refractivity contribution >= 4 is 11.8 Å². The van der Waals surface area contributed by atoms with Crippen LogP contribution in [0.1, 0.15) is 27.2 Å². The van der Waals surface area contributed by atoms with Gasteiger partial charge in [0.1, 0.15) is 0 Å². The first kappa shape index (κ1) is 14.9. The lowest BCUT2D eigenvalue weighted by Crippen LogP contribution is -2.43. The molecule has 0 unspecified atom stereocenters. The van der Waals surface area contributed by atoms with Gasteiger partial charge >= 0.3 is 11.8 Å². The number of carbonyl (C=O) groups is 2. The van der Waals surface area contributed by atoms with Crippen LogP contribution in [0.15, 0.2) is 0 Å². The maximum absolute atomic E-state index is 11.3. The third kappa shape index (κ3) is 6.40. The molecule has 2 N–H and O–H groups in total. The quantitative estimate of drug-likeness (QED) is 0.603. The molecule has 0 rings (SSSR count). The number of carbonyl (C=O) groups excluding carboxylic acids is 2. The molecule has 0 radical (unpaired) electrons. The topological polar surface area (TPSA) is 61.4 Å². The second kappa shape index (κ2) is 9.15. The Morgan fingerprint density at radius 3 is 1.88 bits per heavy atom. The van der Waals surface area contributed by atoms with Crippen LogP contribution < -0.4 is 10.6 Å². The molecule has 0 saturated heterocycles. The minimum absolute atomic E-state index is 0.514. The number of likely N-dealkylation sites (N-methyl/N-ethyl adjacent to an activating group) is 1. The van der Waals surface area contributed by atoms with Gasteiger partial charge in [0, 0.05) is 19.6 Å². The largest absolute Gasteiger partial charge is 0.348 e. The molecule has 0 spiro atoms. The van der Waals surface area contributed by atoms with E-state index in [1.165, 1.54) is 0 Å². The van der Waals surface area contributed by atoms with Gasteiger partial charge in [-0.2, -0.15) is 0 Å². The Balaban J connectivity index is 3.68. The van der Waals surface area contributed by atoms with Crippen molar-refractivity contribution in [3.8, 4) is 0 Å². The molecule has 0 aromatic carbocycles. The molecule has 0 aromatic rings. The molecule has 16 heavy (non-hydrogen) atoms. The van der Waals surface area contributed by atoms with Crippen LogP contribution in [0.25, 0.3) is 0 Å². The van der Waals surface area contributed by atoms with Crippen LogP contribution in [0.2, 0.25) is 0 Å². The lowest BCUT2D eigenvalue weighted by atomic mass is 10.4. The average molecular weight is 229 g/mol. The summed E-state index contributed by atoms with van der Waals surface area (Å²) in [5, 5.41) is 5.13. The highest BCUT2D eigenvalue weighted by molar-refractivity contribution is 6.35. The number of rotatable bonds is 7. The van der Waals surface area contributed by atoms with Gasteiger partial charge in [-0.3, -0.25) is 9.59 Å². The van der Waals surface area contributed by atoms with E-state index in [2.05, 4.69) is 29.4 Å². The van der Waals surface area contributed by atoms with Crippen molar-refractivity contribution in [1.29, 1.82) is 0 Å². The van der Waals surface area contributed by atoms with Crippen LogP contribution in [0, 0.1) is 0 Å². The number of nitrogens with zero attached hydrogens (tertiary/aromatic N) is 1. The fourth-order valence-electron chi connectivity index (χ4n) is 1.27. The van der Waals surface area contributed by atoms with Crippen LogP contribution in [0.5, 0.6) is 0 Å². The monoisotopic (exact) mass is 229 g/mol. The van der Waals surface area contributed by atoms with E-state index in [-0.39, 0.29) is 0 Å². The molecule has 0 heterocycles. The zero-order valence-electron chi connectivity index (χ0n) is 10.5. The van der Waals surface area contributed by atoms with Gasteiger partial charge in [-0.15, -0.1) is 0 Å². The van der Waals surface area contributed by atoms with Crippen molar-refractivity contribution in [3.63, 3.8) is 0 Å². The average Bonchev–Trinajstić information content (AvgIpc) is 2.31. The normalized spacial score (nSPS) is 10.2. The summed E-state index contributed by atoms with van der Waals surface area (Å²) < 4.78 is 0. The smallest absolute Gasteiger partial charge is 0.309 e. The highest BCUT2D eigenvalue weighted by atomic mass is 16.2. The third-order valence-electron chi connectivity index (χ3n) is 2.35. The van der Waals surface area contributed by atoms with E-state index < -0.39 is 11.8 Å². The Hall–Kier alpha value is -1.10. The molecule has 0 aliphatic carbocycles. The van der Waals surface area contributed by atoms with Gasteiger partial charge in [0.25, 0.3) is 0 Å². The van der Waals surface area contributed by atoms with Gasteiger partial charge < -0.3 is 15.5 Å². The zero-order valence-corrected chi connectivity index (χ0v) is 10.5. The SMILES string of the molecule is CCCNC(=O)C(=O)NCCN(CC)CC. The van der Waals surface area contributed by atoms with E-state index in [0.717, 1.165) is 26.1 Å². The first-order chi connectivity index (χ1) is 7.65. The van der Waals surface area contributed by atoms with Gasteiger partial charge in [-0.05, 0) is 19.5 Å². The molecule has 94 valence electrons. The van der Waals surface area contributed by atoms with E-state index in [9.17, 15) is 9.59 Å². The van der Waals surface area contributed by atoms with Crippen molar-refractivity contribution in [1.82, 2.24) is 15.5 Å². The second-order valence-electron chi connectivity index (χ2n) is 3.54. The summed E-state index contributed by atoms with van der Waals surface area (Å²) in [7, 11) is 0. The lowest BCUT2D eigenvalue weighted by Gasteiger charge is -2.17. The van der Waals surface area contributed by atoms with Crippen molar-refractivity contribution in [2.75, 3.05) is 32.7 Å². The van der Waals surface area contributed by atoms with Crippen LogP contribution in [0.4, 0.5) is 0 Å². The summed E-state index contributed by atoms with van der Waals surface area (Å²) in [5.74, 6) is -1.08. The second-order valence-corrected chi connectivity index (χ2v) is 3.54. The van der Waals surface area contributed by atoms with Crippen LogP contribution in [-0.4, -0.2) is 49.4 Å². The maximum Gasteiger partial charge on any atom is 0.309 e. The van der Waals surface area contributed by atoms with Gasteiger partial charge in [0.15, 0.2) is 0 Å². The Morgan fingerprint density at radius 1 is 0.938 bits per heavy atom. The van der Waals surface area contributed by atoms with E-state index >= 15 is 0 Å². The Kier molecular flexibility index (Phi) is 8.52. The number of nitrogens with one attached hydrogen (secondary N) is 2. The molecule has 0 atom stereocenters. The molecule has 0 aliphatic heterocycles. The highest BCUT2D eigenvalue weighted by Gasteiger charge is 2.11. The van der Waals surface area contributed by atoms with E-state index in [1.807, 2.05) is 6.92 Å². The van der Waals surface area contributed by atoms with Crippen LogP contribution in [-0.2, 0) is 9.59 Å². The van der Waals surface area contributed by atoms with Crippen molar-refractivity contribution < 1.29 is 9.59 Å². The molecule has 5 nitrogen and oxygen atoms in total. The number of hydrogen-bond donors (Lipinski definition) is 2. The van der Waals surface area contributed by atoms with E-state index in [4.69, 9.17) is 0 Å². The van der Waals surface area contributed by atoms with Gasteiger partial charge in [-0.25, -0.2) is 0 Å². The minimum atomic E-state index is -0.541. The Bertz CT molecular complexity index is 215. The predicted octanol–water partition coefficient (Wildman–Crippen LogP) is -0.0294. The number of amides is 2. The Morgan fingerprint density at radius 2 is 1.44 bits per heavy atom. The molecule has 5 heteroatoms. The minimum Gasteiger partial charge on any atom is -0.348 e. The molecule has 0 saturated carbocycles. The van der Waals surface area contributed by atoms with Crippen molar-refractivity contribution in [3.05, 3.63) is 0 Å². The summed E-state index contributed by atoms with van der Waals surface area (Å²) in [6.45, 7) is 9.82. The fraction of sp³-hybridized carbons (Fsp3) is 0.818. The summed E-state index contributed by atoms with van der Waals surface area (Å²) in [5.41, 5.74) is 0. The Labute approximate surface area is 97.6 Å². The highest BCUT2D eigenvalue weighted by Crippen LogP contribution is 1.84. The first-order valence-electron chi connectivity index (χ1n) is 5.94. The van der Waals surface area contributed by atoms with Crippen molar-refractivity contribution in [2.24, 2.45) is 0 Å². The van der Waals surface area contributed by atoms with Crippen LogP contribution >= 0.6 is 0 Å². The third-order valence-corrected chi connectivity index (χ3v) is 2.35. The molecular weight excluding hydrogens is 206 g/mol. The molecule has 2 amide bonds. The molecule has 0 aliphatic rings. The van der Waals surface area contributed by atoms with E-state index in [0.29, 0.717) is 13.1 Å². The van der Waals surface area contributed by atoms with Gasteiger partial charge in [-0.1, -0.05) is 20.8 Å². The lowest BCUT2D eigenvalue weighted by molar-refractivity contribution is -0.139. The molecule has 0 bridgehead atoms. The summed E-state index contributed by atoms with van der Waals surface area (Å²) >= 11 is 0. The zero-order chi connectivity index (χ0) is 12.4. The van der Waals surface area contributed by atoms with Gasteiger partial charge in [0.2, 0.25) is 0 Å². The van der Waals surface area contributed by atoms with Crippen molar-refractivity contribution in [2.45, 2.75) is 27.2 Å². The summed E-state index contributed by atoms with van der Waals surface area (Å²) in [6, 6.07) is 0.